The van der Waals surface area contributed by atoms with Crippen molar-refractivity contribution in [1.82, 2.24) is 9.21 Å². The van der Waals surface area contributed by atoms with E-state index < -0.39 is 10.0 Å². The fraction of sp³-hybridized carbons (Fsp3) is 0.667. The van der Waals surface area contributed by atoms with Crippen LogP contribution in [0.1, 0.15) is 41.4 Å². The van der Waals surface area contributed by atoms with Crippen molar-refractivity contribution >= 4 is 15.9 Å². The normalized spacial score (nSPS) is 23.4. The molecule has 7 heteroatoms. The van der Waals surface area contributed by atoms with Gasteiger partial charge >= 0.3 is 0 Å². The molecule has 0 spiro atoms. The number of amides is 1. The molecule has 122 valence electrons. The smallest absolute Gasteiger partial charge is 0.289 e. The first-order chi connectivity index (χ1) is 10.4. The van der Waals surface area contributed by atoms with Crippen LogP contribution in [0, 0.1) is 0 Å². The molecule has 2 heterocycles. The van der Waals surface area contributed by atoms with Crippen LogP contribution in [0.2, 0.25) is 0 Å². The molecule has 1 aromatic rings. The first-order valence-corrected chi connectivity index (χ1v) is 9.58. The third kappa shape index (κ3) is 2.79. The second kappa shape index (κ2) is 5.70. The highest BCUT2D eigenvalue weighted by Gasteiger charge is 2.34. The van der Waals surface area contributed by atoms with Gasteiger partial charge in [0.15, 0.2) is 5.76 Å². The summed E-state index contributed by atoms with van der Waals surface area (Å²) in [5.74, 6) is 0.345. The number of furan rings is 1. The molecule has 22 heavy (non-hydrogen) atoms. The van der Waals surface area contributed by atoms with E-state index in [9.17, 15) is 13.2 Å². The Kier molecular flexibility index (Phi) is 4.03. The van der Waals surface area contributed by atoms with Crippen LogP contribution in [0.3, 0.4) is 0 Å². The Morgan fingerprint density at radius 2 is 2.00 bits per heavy atom. The molecule has 0 N–H and O–H groups in total. The maximum absolute atomic E-state index is 12.7. The van der Waals surface area contributed by atoms with Gasteiger partial charge in [0.2, 0.25) is 10.0 Å². The predicted octanol–water partition coefficient (Wildman–Crippen LogP) is 1.26. The van der Waals surface area contributed by atoms with Crippen molar-refractivity contribution in [2.45, 2.75) is 38.6 Å². The van der Waals surface area contributed by atoms with Crippen LogP contribution < -0.4 is 0 Å². The minimum Gasteiger partial charge on any atom is -0.459 e. The van der Waals surface area contributed by atoms with Gasteiger partial charge in [-0.15, -0.1) is 0 Å². The molecule has 1 amide bonds. The third-order valence-corrected chi connectivity index (χ3v) is 5.97. The largest absolute Gasteiger partial charge is 0.459 e. The zero-order valence-corrected chi connectivity index (χ0v) is 13.9. The van der Waals surface area contributed by atoms with Crippen molar-refractivity contribution in [3.8, 4) is 0 Å². The predicted molar refractivity (Wildman–Crippen MR) is 82.3 cm³/mol. The number of carbonyl (C=O) groups excluding carboxylic acids is 1. The highest BCUT2D eigenvalue weighted by molar-refractivity contribution is 7.88. The number of nitrogens with zero attached hydrogens (tertiary/aromatic N) is 2. The lowest BCUT2D eigenvalue weighted by molar-refractivity contribution is 0.0610. The number of aryl methyl sites for hydroxylation is 1. The van der Waals surface area contributed by atoms with E-state index in [0.29, 0.717) is 25.4 Å². The fourth-order valence-electron chi connectivity index (χ4n) is 3.46. The number of hydrogen-bond donors (Lipinski definition) is 0. The van der Waals surface area contributed by atoms with Crippen molar-refractivity contribution in [1.29, 1.82) is 0 Å². The van der Waals surface area contributed by atoms with Crippen LogP contribution in [0.25, 0.3) is 0 Å². The molecular weight excluding hydrogens is 304 g/mol. The molecule has 0 radical (unpaired) electrons. The summed E-state index contributed by atoms with van der Waals surface area (Å²) in [6, 6.07) is -0.210. The number of fused-ring (bicyclic) bond motifs is 1. The minimum atomic E-state index is -3.22. The quantitative estimate of drug-likeness (QED) is 0.820. The summed E-state index contributed by atoms with van der Waals surface area (Å²) in [5.41, 5.74) is 2.20. The van der Waals surface area contributed by atoms with Gasteiger partial charge in [0.1, 0.15) is 0 Å². The van der Waals surface area contributed by atoms with Gasteiger partial charge in [0.05, 0.1) is 12.5 Å². The van der Waals surface area contributed by atoms with Crippen molar-refractivity contribution in [3.05, 3.63) is 23.2 Å². The Bertz CT molecular complexity index is 680. The summed E-state index contributed by atoms with van der Waals surface area (Å²) in [5, 5.41) is 0. The number of hydrogen-bond acceptors (Lipinski definition) is 4. The Morgan fingerprint density at radius 1 is 1.27 bits per heavy atom. The van der Waals surface area contributed by atoms with E-state index in [1.807, 2.05) is 6.92 Å². The lowest BCUT2D eigenvalue weighted by Crippen LogP contribution is -2.55. The minimum absolute atomic E-state index is 0.108. The molecule has 1 aliphatic carbocycles. The van der Waals surface area contributed by atoms with E-state index in [2.05, 4.69) is 0 Å². The van der Waals surface area contributed by atoms with Gasteiger partial charge in [-0.05, 0) is 38.2 Å². The molecule has 1 atom stereocenters. The average molecular weight is 326 g/mol. The Labute approximate surface area is 131 Å². The van der Waals surface area contributed by atoms with Crippen LogP contribution in [0.15, 0.2) is 10.7 Å². The lowest BCUT2D eigenvalue weighted by atomic mass is 9.93. The van der Waals surface area contributed by atoms with Crippen LogP contribution in [0.4, 0.5) is 0 Å². The highest BCUT2D eigenvalue weighted by atomic mass is 32.2. The number of sulfonamides is 1. The molecule has 1 fully saturated rings. The van der Waals surface area contributed by atoms with E-state index in [4.69, 9.17) is 4.42 Å². The maximum atomic E-state index is 12.7. The molecule has 1 aromatic heterocycles. The van der Waals surface area contributed by atoms with Crippen molar-refractivity contribution in [2.24, 2.45) is 0 Å². The first-order valence-electron chi connectivity index (χ1n) is 7.73. The molecule has 1 saturated heterocycles. The number of rotatable bonds is 2. The third-order valence-electron chi connectivity index (χ3n) is 4.58. The van der Waals surface area contributed by atoms with Gasteiger partial charge in [-0.2, -0.15) is 4.31 Å². The number of piperazine rings is 1. The molecule has 0 aromatic carbocycles. The van der Waals surface area contributed by atoms with Crippen LogP contribution in [0.5, 0.6) is 0 Å². The standard InChI is InChI=1S/C15H22N2O4S/c1-11-9-16(7-8-17(11)22(2,19)20)15(18)14-13-6-4-3-5-12(13)10-21-14/h10-11H,3-9H2,1-2H3. The highest BCUT2D eigenvalue weighted by Crippen LogP contribution is 2.27. The fourth-order valence-corrected chi connectivity index (χ4v) is 4.59. The Morgan fingerprint density at radius 3 is 2.68 bits per heavy atom. The zero-order valence-electron chi connectivity index (χ0n) is 13.0. The molecule has 1 aliphatic heterocycles. The molecule has 2 aliphatic rings. The van der Waals surface area contributed by atoms with E-state index in [1.165, 1.54) is 10.6 Å². The summed E-state index contributed by atoms with van der Waals surface area (Å²) in [4.78, 5) is 14.4. The van der Waals surface area contributed by atoms with Crippen LogP contribution in [-0.2, 0) is 22.9 Å². The van der Waals surface area contributed by atoms with E-state index in [-0.39, 0.29) is 11.9 Å². The van der Waals surface area contributed by atoms with Crippen LogP contribution >= 0.6 is 0 Å². The van der Waals surface area contributed by atoms with Gasteiger partial charge in [0.25, 0.3) is 5.91 Å². The van der Waals surface area contributed by atoms with Crippen LogP contribution in [-0.4, -0.2) is 55.5 Å². The molecular formula is C15H22N2O4S. The summed E-state index contributed by atoms with van der Waals surface area (Å²) < 4.78 is 30.4. The summed E-state index contributed by atoms with van der Waals surface area (Å²) in [6.45, 7) is 2.99. The maximum Gasteiger partial charge on any atom is 0.289 e. The second-order valence-electron chi connectivity index (χ2n) is 6.25. The molecule has 6 nitrogen and oxygen atoms in total. The van der Waals surface area contributed by atoms with Gasteiger partial charge < -0.3 is 9.32 Å². The van der Waals surface area contributed by atoms with Gasteiger partial charge in [0, 0.05) is 31.2 Å². The molecule has 1 unspecified atom stereocenters. The monoisotopic (exact) mass is 326 g/mol. The summed E-state index contributed by atoms with van der Waals surface area (Å²) in [7, 11) is -3.22. The van der Waals surface area contributed by atoms with Crippen molar-refractivity contribution in [2.75, 3.05) is 25.9 Å². The zero-order chi connectivity index (χ0) is 15.9. The lowest BCUT2D eigenvalue weighted by Gasteiger charge is -2.38. The SMILES string of the molecule is CC1CN(C(=O)c2occ3c2CCCC3)CCN1S(C)(=O)=O. The second-order valence-corrected chi connectivity index (χ2v) is 8.18. The Balaban J connectivity index is 1.76. The van der Waals surface area contributed by atoms with E-state index >= 15 is 0 Å². The van der Waals surface area contributed by atoms with Gasteiger partial charge in [-0.25, -0.2) is 8.42 Å². The van der Waals surface area contributed by atoms with Crippen molar-refractivity contribution in [3.63, 3.8) is 0 Å². The van der Waals surface area contributed by atoms with Gasteiger partial charge in [-0.1, -0.05) is 0 Å². The molecule has 0 bridgehead atoms. The van der Waals surface area contributed by atoms with E-state index in [0.717, 1.165) is 36.8 Å². The topological polar surface area (TPSA) is 70.8 Å². The summed E-state index contributed by atoms with van der Waals surface area (Å²) >= 11 is 0. The Hall–Kier alpha value is -1.34. The molecule has 3 rings (SSSR count). The molecule has 0 saturated carbocycles. The van der Waals surface area contributed by atoms with E-state index in [1.54, 1.807) is 11.2 Å². The average Bonchev–Trinajstić information content (AvgIpc) is 2.89. The summed E-state index contributed by atoms with van der Waals surface area (Å²) in [6.07, 6.45) is 7.02. The van der Waals surface area contributed by atoms with Gasteiger partial charge in [-0.3, -0.25) is 4.79 Å². The first kappa shape index (κ1) is 15.6. The van der Waals surface area contributed by atoms with Crippen molar-refractivity contribution < 1.29 is 17.6 Å². The number of carbonyl (C=O) groups is 1.